The van der Waals surface area contributed by atoms with Crippen molar-refractivity contribution in [1.82, 2.24) is 4.17 Å². The molecule has 0 aromatic heterocycles. The summed E-state index contributed by atoms with van der Waals surface area (Å²) in [6.07, 6.45) is -54.8. The molecule has 0 N–H and O–H groups in total. The Bertz CT molecular complexity index is 3720. The van der Waals surface area contributed by atoms with Crippen LogP contribution in [0.3, 0.4) is 0 Å². The maximum atomic E-state index is 14.2. The fourth-order valence-electron chi connectivity index (χ4n) is 11.3. The third-order valence-corrected chi connectivity index (χ3v) is 23.9. The minimum Gasteiger partial charge on any atom is -0.194 e. The first-order valence-corrected chi connectivity index (χ1v) is 31.3. The average Bonchev–Trinajstić information content (AvgIpc) is 0.740. The smallest absolute Gasteiger partial charge is 0.194 e. The lowest BCUT2D eigenvalue weighted by Gasteiger charge is -2.46. The van der Waals surface area contributed by atoms with Gasteiger partial charge in [-0.05, 0) is 97.1 Å². The van der Waals surface area contributed by atoms with Crippen LogP contribution >= 0.6 is 14.1 Å². The van der Waals surface area contributed by atoms with E-state index < -0.39 is 209 Å². The second-order valence-electron chi connectivity index (χ2n) is 21.6. The van der Waals surface area contributed by atoms with Gasteiger partial charge in [0, 0.05) is 0 Å². The number of rotatable bonds is 10. The van der Waals surface area contributed by atoms with Gasteiger partial charge in [-0.1, -0.05) is 158 Å². The molecule has 10 aromatic carbocycles. The van der Waals surface area contributed by atoms with Crippen LogP contribution in [0.5, 0.6) is 0 Å². The van der Waals surface area contributed by atoms with Gasteiger partial charge in [-0.3, -0.25) is 0 Å². The average molecular weight is 1400 g/mol. The quantitative estimate of drug-likeness (QED) is 0.0561. The van der Waals surface area contributed by atoms with Gasteiger partial charge in [0.25, 0.3) is 0 Å². The summed E-state index contributed by atoms with van der Waals surface area (Å²) in [5.74, 6) is 0. The number of halogens is 24. The molecule has 0 fully saturated rings. The zero-order chi connectivity index (χ0) is 70.3. The second-order valence-corrected chi connectivity index (χ2v) is 28.0. The topological polar surface area (TPSA) is 14.1 Å². The van der Waals surface area contributed by atoms with Gasteiger partial charge in [0.2, 0.25) is 0 Å². The minimum absolute atomic E-state index is 0.691. The van der Waals surface area contributed by atoms with Crippen molar-refractivity contribution in [2.24, 2.45) is 0 Å². The number of hydrogen-bond donors (Lipinski definition) is 0. The molecule has 28 heteroatoms. The molecule has 500 valence electrons. The van der Waals surface area contributed by atoms with E-state index in [-0.39, 0.29) is 0 Å². The standard InChI is InChI=1S/C36H30NP2.C32H12BF24/c1-7-19-31(20-8-1)38(32-21-9-2-10-22-32,33-23-11-3-12-24-33)37-39(34-25-13-4-14-26-34,35-27-15-5-16-28-35)36-29-17-6-18-30-36;34-25(35,36)13-1-14(26(37,38)39)6-21(5-13)33(22-7-15(27(40,41)42)2-16(8-22)28(43,44)45,23-9-17(29(46,47)48)3-18(10-23)30(49,50)51)24-11-19(31(52,53)54)4-20(12-24)32(55,56)57/h1-30H;1-12H/q+1;-1. The van der Waals surface area contributed by atoms with E-state index in [1.807, 2.05) is 0 Å². The second kappa shape index (κ2) is 26.3. The number of nitrogens with zero attached hydrogens (tertiary/aromatic N) is 1. The van der Waals surface area contributed by atoms with Crippen LogP contribution in [0, 0.1) is 0 Å². The summed E-state index contributed by atoms with van der Waals surface area (Å²) in [6, 6.07) is 56.9. The molecule has 0 saturated carbocycles. The Morgan fingerprint density at radius 2 is 0.312 bits per heavy atom. The van der Waals surface area contributed by atoms with E-state index >= 15 is 0 Å². The molecule has 10 aromatic rings. The van der Waals surface area contributed by atoms with E-state index in [9.17, 15) is 105 Å². The normalized spacial score (nSPS) is 13.2. The maximum Gasteiger partial charge on any atom is 0.416 e. The third kappa shape index (κ3) is 14.9. The van der Waals surface area contributed by atoms with Gasteiger partial charge >= 0.3 is 63.5 Å². The molecule has 0 heterocycles. The SMILES string of the molecule is FC(F)(F)c1cc([B-](c2cc(C(F)(F)F)cc(C(F)(F)F)c2)(c2cc(C(F)(F)F)cc(C(F)(F)F)c2)c2cc(C(F)(F)F)cc(C(F)(F)F)c2)cc(C(F)(F)F)c1.c1ccc(P(=[N+]=P(c2ccccc2)(c2ccccc2)c2ccccc2)(c2ccccc2)c2ccccc2)cc1. The Labute approximate surface area is 530 Å². The molecule has 0 radical (unpaired) electrons. The van der Waals surface area contributed by atoms with Gasteiger partial charge in [0.1, 0.15) is 6.15 Å². The summed E-state index contributed by atoms with van der Waals surface area (Å²) >= 11 is 0. The maximum absolute atomic E-state index is 14.2. The summed E-state index contributed by atoms with van der Waals surface area (Å²) < 4.78 is 347. The summed E-state index contributed by atoms with van der Waals surface area (Å²) in [7, 11) is -4.99. The Morgan fingerprint density at radius 3 is 0.427 bits per heavy atom. The molecule has 0 unspecified atom stereocenters. The van der Waals surface area contributed by atoms with Crippen molar-refractivity contribution in [2.45, 2.75) is 49.4 Å². The van der Waals surface area contributed by atoms with Crippen molar-refractivity contribution in [3.8, 4) is 0 Å². The lowest BCUT2D eigenvalue weighted by molar-refractivity contribution is -0.144. The molecular weight excluding hydrogens is 1360 g/mol. The molecule has 0 bridgehead atoms. The van der Waals surface area contributed by atoms with Crippen molar-refractivity contribution >= 4 is 73.9 Å². The number of alkyl halides is 24. The van der Waals surface area contributed by atoms with E-state index in [0.717, 1.165) is 0 Å². The van der Waals surface area contributed by atoms with Crippen LogP contribution in [0.2, 0.25) is 0 Å². The van der Waals surface area contributed by atoms with Crippen molar-refractivity contribution < 1.29 is 105 Å². The molecule has 96 heavy (non-hydrogen) atoms. The molecule has 0 saturated heterocycles. The number of benzene rings is 10. The van der Waals surface area contributed by atoms with Gasteiger partial charge in [0.15, 0.2) is 0 Å². The predicted molar refractivity (Wildman–Crippen MR) is 323 cm³/mol. The Hall–Kier alpha value is -8.85. The highest BCUT2D eigenvalue weighted by Gasteiger charge is 2.49. The molecule has 0 aliphatic heterocycles. The van der Waals surface area contributed by atoms with Crippen molar-refractivity contribution in [1.29, 1.82) is 0 Å². The van der Waals surface area contributed by atoms with Gasteiger partial charge < -0.3 is 0 Å². The highest BCUT2D eigenvalue weighted by molar-refractivity contribution is 7.94. The Balaban J connectivity index is 0.000000240. The van der Waals surface area contributed by atoms with Gasteiger partial charge in [-0.15, -0.1) is 4.17 Å². The van der Waals surface area contributed by atoms with Crippen LogP contribution < -0.4 is 57.9 Å². The molecule has 0 atom stereocenters. The summed E-state index contributed by atoms with van der Waals surface area (Å²) in [6.45, 7) is 0. The molecule has 1 nitrogen and oxygen atoms in total. The summed E-state index contributed by atoms with van der Waals surface area (Å²) in [4.78, 5) is 0. The van der Waals surface area contributed by atoms with E-state index in [1.165, 1.54) is 31.8 Å². The van der Waals surface area contributed by atoms with Crippen LogP contribution in [0.15, 0.2) is 255 Å². The van der Waals surface area contributed by atoms with Gasteiger partial charge in [0.05, 0.1) is 76.3 Å². The molecule has 0 spiro atoms. The first kappa shape index (κ1) is 71.4. The van der Waals surface area contributed by atoms with Gasteiger partial charge in [-0.2, -0.15) is 127 Å². The fourth-order valence-corrected chi connectivity index (χ4v) is 20.8. The third-order valence-electron chi connectivity index (χ3n) is 15.5. The summed E-state index contributed by atoms with van der Waals surface area (Å²) in [5, 5.41) is 7.55. The first-order chi connectivity index (χ1) is 44.6. The van der Waals surface area contributed by atoms with E-state index in [2.05, 4.69) is 182 Å². The lowest BCUT2D eigenvalue weighted by atomic mass is 9.12. The molecule has 0 aliphatic carbocycles. The molecular formula is C68H42BF24NP2. The van der Waals surface area contributed by atoms with Gasteiger partial charge in [-0.25, -0.2) is 0 Å². The van der Waals surface area contributed by atoms with Crippen molar-refractivity contribution in [3.63, 3.8) is 0 Å². The summed E-state index contributed by atoms with van der Waals surface area (Å²) in [5.41, 5.74) is -30.2. The monoisotopic (exact) mass is 1400 g/mol. The van der Waals surface area contributed by atoms with E-state index in [1.54, 1.807) is 0 Å². The fraction of sp³-hybridized carbons (Fsp3) is 0.118. The van der Waals surface area contributed by atoms with Crippen LogP contribution in [0.25, 0.3) is 0 Å². The minimum atomic E-state index is -6.13. The lowest BCUT2D eigenvalue weighted by Crippen LogP contribution is -2.75. The Morgan fingerprint density at radius 1 is 0.188 bits per heavy atom. The van der Waals surface area contributed by atoms with E-state index in [0.29, 0.717) is 0 Å². The van der Waals surface area contributed by atoms with Crippen LogP contribution in [0.4, 0.5) is 105 Å². The first-order valence-electron chi connectivity index (χ1n) is 27.8. The van der Waals surface area contributed by atoms with Crippen LogP contribution in [-0.4, -0.2) is 6.15 Å². The highest BCUT2D eigenvalue weighted by atomic mass is 31.2. The Kier molecular flexibility index (Phi) is 19.6. The highest BCUT2D eigenvalue weighted by Crippen LogP contribution is 2.51. The largest absolute Gasteiger partial charge is 0.416 e. The molecule has 0 aliphatic rings. The molecule has 10 rings (SSSR count). The zero-order valence-electron chi connectivity index (χ0n) is 48.2. The van der Waals surface area contributed by atoms with Crippen LogP contribution in [-0.2, 0) is 49.4 Å². The molecule has 0 amide bonds. The van der Waals surface area contributed by atoms with Crippen molar-refractivity contribution in [3.05, 3.63) is 299 Å². The number of hydrogen-bond acceptors (Lipinski definition) is 0. The van der Waals surface area contributed by atoms with Crippen molar-refractivity contribution in [2.75, 3.05) is 0 Å². The zero-order valence-corrected chi connectivity index (χ0v) is 50.0. The van der Waals surface area contributed by atoms with E-state index in [4.69, 9.17) is 4.17 Å². The van der Waals surface area contributed by atoms with Crippen LogP contribution in [0.1, 0.15) is 44.5 Å². The predicted octanol–water partition coefficient (Wildman–Crippen LogP) is 17.6.